The molecule has 110 valence electrons. The number of aryl methyl sites for hydroxylation is 3. The van der Waals surface area contributed by atoms with Gasteiger partial charge in [-0.2, -0.15) is 0 Å². The van der Waals surface area contributed by atoms with E-state index in [1.165, 1.54) is 41.5 Å². The van der Waals surface area contributed by atoms with Gasteiger partial charge in [0, 0.05) is 6.04 Å². The Morgan fingerprint density at radius 2 is 1.90 bits per heavy atom. The molecule has 0 aliphatic heterocycles. The third-order valence-electron chi connectivity index (χ3n) is 4.47. The molecule has 2 nitrogen and oxygen atoms in total. The van der Waals surface area contributed by atoms with E-state index in [1.54, 1.807) is 7.11 Å². The molecule has 0 fully saturated rings. The molecule has 1 unspecified atom stereocenters. The first-order chi connectivity index (χ1) is 10.2. The number of fused-ring (bicyclic) bond motifs is 1. The standard InChI is InChI=1S/C19H23NO/c1-13-10-17(8-9-19(13)21-2)18(20)12-14-6-7-15-4-3-5-16(15)11-14/h6-11,18H,3-5,12,20H2,1-2H3. The molecule has 2 aromatic rings. The molecule has 0 spiro atoms. The molecule has 2 N–H and O–H groups in total. The van der Waals surface area contributed by atoms with Crippen molar-refractivity contribution in [2.75, 3.05) is 7.11 Å². The fourth-order valence-electron chi connectivity index (χ4n) is 3.26. The van der Waals surface area contributed by atoms with E-state index in [0.29, 0.717) is 0 Å². The Morgan fingerprint density at radius 1 is 1.10 bits per heavy atom. The number of methoxy groups -OCH3 is 1. The Labute approximate surface area is 126 Å². The quantitative estimate of drug-likeness (QED) is 0.926. The maximum absolute atomic E-state index is 6.39. The van der Waals surface area contributed by atoms with Crippen LogP contribution in [0.4, 0.5) is 0 Å². The van der Waals surface area contributed by atoms with Gasteiger partial charge in [-0.05, 0) is 66.5 Å². The highest BCUT2D eigenvalue weighted by Crippen LogP contribution is 2.26. The summed E-state index contributed by atoms with van der Waals surface area (Å²) in [5.41, 5.74) is 13.1. The summed E-state index contributed by atoms with van der Waals surface area (Å²) in [6.07, 6.45) is 4.64. The minimum Gasteiger partial charge on any atom is -0.496 e. The first-order valence-corrected chi connectivity index (χ1v) is 7.68. The summed E-state index contributed by atoms with van der Waals surface area (Å²) in [4.78, 5) is 0. The monoisotopic (exact) mass is 281 g/mol. The smallest absolute Gasteiger partial charge is 0.121 e. The zero-order valence-corrected chi connectivity index (χ0v) is 12.9. The van der Waals surface area contributed by atoms with Crippen molar-refractivity contribution in [3.63, 3.8) is 0 Å². The van der Waals surface area contributed by atoms with Gasteiger partial charge >= 0.3 is 0 Å². The number of ether oxygens (including phenoxy) is 1. The minimum atomic E-state index is 0.0362. The molecule has 1 aliphatic carbocycles. The van der Waals surface area contributed by atoms with E-state index >= 15 is 0 Å². The molecule has 2 aromatic carbocycles. The van der Waals surface area contributed by atoms with Crippen LogP contribution in [-0.4, -0.2) is 7.11 Å². The number of benzene rings is 2. The van der Waals surface area contributed by atoms with Gasteiger partial charge in [-0.1, -0.05) is 30.3 Å². The van der Waals surface area contributed by atoms with Gasteiger partial charge in [-0.3, -0.25) is 0 Å². The number of rotatable bonds is 4. The maximum Gasteiger partial charge on any atom is 0.121 e. The second-order valence-corrected chi connectivity index (χ2v) is 6.00. The van der Waals surface area contributed by atoms with E-state index in [-0.39, 0.29) is 6.04 Å². The second kappa shape index (κ2) is 5.90. The zero-order chi connectivity index (χ0) is 14.8. The van der Waals surface area contributed by atoms with E-state index in [2.05, 4.69) is 37.3 Å². The molecule has 0 amide bonds. The van der Waals surface area contributed by atoms with Crippen molar-refractivity contribution in [3.8, 4) is 5.75 Å². The fourth-order valence-corrected chi connectivity index (χ4v) is 3.26. The van der Waals surface area contributed by atoms with Gasteiger partial charge in [0.05, 0.1) is 7.11 Å². The highest BCUT2D eigenvalue weighted by Gasteiger charge is 2.13. The number of hydrogen-bond acceptors (Lipinski definition) is 2. The average molecular weight is 281 g/mol. The lowest BCUT2D eigenvalue weighted by Gasteiger charge is -2.15. The molecule has 1 aliphatic rings. The van der Waals surface area contributed by atoms with Crippen LogP contribution in [0.25, 0.3) is 0 Å². The lowest BCUT2D eigenvalue weighted by Crippen LogP contribution is -2.13. The van der Waals surface area contributed by atoms with Gasteiger partial charge < -0.3 is 10.5 Å². The van der Waals surface area contributed by atoms with Crippen LogP contribution in [0.2, 0.25) is 0 Å². The Bertz CT molecular complexity index is 648. The van der Waals surface area contributed by atoms with E-state index in [4.69, 9.17) is 10.5 Å². The Kier molecular flexibility index (Phi) is 3.98. The van der Waals surface area contributed by atoms with Crippen molar-refractivity contribution >= 4 is 0 Å². The second-order valence-electron chi connectivity index (χ2n) is 6.00. The van der Waals surface area contributed by atoms with Gasteiger partial charge in [0.2, 0.25) is 0 Å². The summed E-state index contributed by atoms with van der Waals surface area (Å²) in [6.45, 7) is 2.06. The van der Waals surface area contributed by atoms with Crippen molar-refractivity contribution < 1.29 is 4.74 Å². The molecular weight excluding hydrogens is 258 g/mol. The van der Waals surface area contributed by atoms with Gasteiger partial charge in [-0.15, -0.1) is 0 Å². The first-order valence-electron chi connectivity index (χ1n) is 7.68. The van der Waals surface area contributed by atoms with Crippen LogP contribution >= 0.6 is 0 Å². The predicted octanol–water partition coefficient (Wildman–Crippen LogP) is 3.73. The molecule has 1 atom stereocenters. The molecule has 0 saturated carbocycles. The van der Waals surface area contributed by atoms with E-state index in [0.717, 1.165) is 17.7 Å². The largest absolute Gasteiger partial charge is 0.496 e. The van der Waals surface area contributed by atoms with Crippen LogP contribution in [-0.2, 0) is 19.3 Å². The SMILES string of the molecule is COc1ccc(C(N)Cc2ccc3c(c2)CCC3)cc1C. The minimum absolute atomic E-state index is 0.0362. The summed E-state index contributed by atoms with van der Waals surface area (Å²) < 4.78 is 5.31. The topological polar surface area (TPSA) is 35.2 Å². The van der Waals surface area contributed by atoms with Gasteiger partial charge in [0.15, 0.2) is 0 Å². The van der Waals surface area contributed by atoms with Crippen LogP contribution in [0.15, 0.2) is 36.4 Å². The Balaban J connectivity index is 1.76. The summed E-state index contributed by atoms with van der Waals surface area (Å²) in [5.74, 6) is 0.920. The lowest BCUT2D eigenvalue weighted by atomic mass is 9.96. The molecule has 3 rings (SSSR count). The third-order valence-corrected chi connectivity index (χ3v) is 4.47. The van der Waals surface area contributed by atoms with Crippen LogP contribution in [0, 0.1) is 6.92 Å². The summed E-state index contributed by atoms with van der Waals surface area (Å²) in [5, 5.41) is 0. The van der Waals surface area contributed by atoms with Crippen molar-refractivity contribution in [3.05, 3.63) is 64.2 Å². The molecule has 0 bridgehead atoms. The maximum atomic E-state index is 6.39. The fraction of sp³-hybridized carbons (Fsp3) is 0.368. The predicted molar refractivity (Wildman–Crippen MR) is 86.8 cm³/mol. The molecule has 2 heteroatoms. The highest BCUT2D eigenvalue weighted by atomic mass is 16.5. The summed E-state index contributed by atoms with van der Waals surface area (Å²) in [7, 11) is 1.70. The van der Waals surface area contributed by atoms with Crippen molar-refractivity contribution in [1.29, 1.82) is 0 Å². The van der Waals surface area contributed by atoms with Gasteiger partial charge in [-0.25, -0.2) is 0 Å². The van der Waals surface area contributed by atoms with E-state index in [1.807, 2.05) is 6.07 Å². The number of nitrogens with two attached hydrogens (primary N) is 1. The third kappa shape index (κ3) is 2.96. The lowest BCUT2D eigenvalue weighted by molar-refractivity contribution is 0.411. The van der Waals surface area contributed by atoms with Crippen LogP contribution in [0.1, 0.15) is 40.3 Å². The summed E-state index contributed by atoms with van der Waals surface area (Å²) in [6, 6.07) is 13.1. The zero-order valence-electron chi connectivity index (χ0n) is 12.9. The molecule has 0 saturated heterocycles. The average Bonchev–Trinajstić information content (AvgIpc) is 2.94. The van der Waals surface area contributed by atoms with Crippen molar-refractivity contribution in [2.24, 2.45) is 5.73 Å². The van der Waals surface area contributed by atoms with Crippen molar-refractivity contribution in [1.82, 2.24) is 0 Å². The highest BCUT2D eigenvalue weighted by molar-refractivity contribution is 5.39. The molecular formula is C19H23NO. The normalized spacial score (nSPS) is 14.8. The van der Waals surface area contributed by atoms with E-state index < -0.39 is 0 Å². The van der Waals surface area contributed by atoms with Crippen LogP contribution in [0.3, 0.4) is 0 Å². The molecule has 21 heavy (non-hydrogen) atoms. The first kappa shape index (κ1) is 14.2. The van der Waals surface area contributed by atoms with E-state index in [9.17, 15) is 0 Å². The Hall–Kier alpha value is -1.80. The molecule has 0 aromatic heterocycles. The van der Waals surface area contributed by atoms with Gasteiger partial charge in [0.25, 0.3) is 0 Å². The number of hydrogen-bond donors (Lipinski definition) is 1. The van der Waals surface area contributed by atoms with Crippen LogP contribution in [0.5, 0.6) is 5.75 Å². The van der Waals surface area contributed by atoms with Crippen LogP contribution < -0.4 is 10.5 Å². The van der Waals surface area contributed by atoms with Crippen molar-refractivity contribution in [2.45, 2.75) is 38.6 Å². The van der Waals surface area contributed by atoms with Gasteiger partial charge in [0.1, 0.15) is 5.75 Å². The Morgan fingerprint density at radius 3 is 2.67 bits per heavy atom. The molecule has 0 radical (unpaired) electrons. The summed E-state index contributed by atoms with van der Waals surface area (Å²) >= 11 is 0. The molecule has 0 heterocycles.